The second-order valence-corrected chi connectivity index (χ2v) is 7.25. The van der Waals surface area contributed by atoms with Crippen LogP contribution in [0.15, 0.2) is 53.3 Å². The van der Waals surface area contributed by atoms with Gasteiger partial charge in [0.15, 0.2) is 0 Å². The second kappa shape index (κ2) is 8.02. The predicted octanol–water partition coefficient (Wildman–Crippen LogP) is 3.16. The van der Waals surface area contributed by atoms with E-state index in [2.05, 4.69) is 36.1 Å². The van der Waals surface area contributed by atoms with E-state index in [4.69, 9.17) is 4.74 Å². The van der Waals surface area contributed by atoms with Crippen LogP contribution in [0.5, 0.6) is 0 Å². The number of hydrogen-bond donors (Lipinski definition) is 1. The standard InChI is InChI=1S/C20H19BrN4O2/c21-16-4-1-14(2-5-16)12-22-20(26)15-3-6-18-17(11-15)19(24-13-23-18)25-7-9-27-10-8-25/h1-6,11,13H,7-10,12H2,(H,22,26). The molecule has 0 bridgehead atoms. The summed E-state index contributed by atoms with van der Waals surface area (Å²) in [4.78, 5) is 23.6. The van der Waals surface area contributed by atoms with Crippen molar-refractivity contribution in [2.24, 2.45) is 0 Å². The van der Waals surface area contributed by atoms with Gasteiger partial charge in [0.1, 0.15) is 12.1 Å². The second-order valence-electron chi connectivity index (χ2n) is 6.34. The van der Waals surface area contributed by atoms with Gasteiger partial charge in [0.2, 0.25) is 0 Å². The van der Waals surface area contributed by atoms with Gasteiger partial charge in [-0.15, -0.1) is 0 Å². The number of hydrogen-bond acceptors (Lipinski definition) is 5. The molecule has 0 saturated carbocycles. The van der Waals surface area contributed by atoms with E-state index in [9.17, 15) is 4.79 Å². The Labute approximate surface area is 165 Å². The number of carbonyl (C=O) groups excluding carboxylic acids is 1. The Kier molecular flexibility index (Phi) is 5.31. The maximum absolute atomic E-state index is 12.6. The van der Waals surface area contributed by atoms with Gasteiger partial charge in [0, 0.05) is 35.1 Å². The molecule has 1 aromatic heterocycles. The van der Waals surface area contributed by atoms with E-state index in [1.165, 1.54) is 0 Å². The molecule has 1 fully saturated rings. The molecule has 2 heterocycles. The maximum Gasteiger partial charge on any atom is 0.251 e. The summed E-state index contributed by atoms with van der Waals surface area (Å²) in [5.74, 6) is 0.738. The van der Waals surface area contributed by atoms with Crippen molar-refractivity contribution in [1.29, 1.82) is 0 Å². The third kappa shape index (κ3) is 4.09. The lowest BCUT2D eigenvalue weighted by Crippen LogP contribution is -2.36. The number of rotatable bonds is 4. The summed E-state index contributed by atoms with van der Waals surface area (Å²) in [6.45, 7) is 3.40. The molecule has 1 aliphatic heterocycles. The molecule has 3 aromatic rings. The molecule has 7 heteroatoms. The number of nitrogens with one attached hydrogen (secondary N) is 1. The van der Waals surface area contributed by atoms with E-state index in [1.54, 1.807) is 12.4 Å². The number of carbonyl (C=O) groups is 1. The first-order chi connectivity index (χ1) is 13.2. The average molecular weight is 427 g/mol. The lowest BCUT2D eigenvalue weighted by Gasteiger charge is -2.28. The van der Waals surface area contributed by atoms with Crippen LogP contribution in [0.4, 0.5) is 5.82 Å². The molecule has 1 saturated heterocycles. The summed E-state index contributed by atoms with van der Waals surface area (Å²) < 4.78 is 6.44. The van der Waals surface area contributed by atoms with Crippen molar-refractivity contribution in [3.8, 4) is 0 Å². The van der Waals surface area contributed by atoms with Crippen LogP contribution in [0, 0.1) is 0 Å². The molecule has 2 aromatic carbocycles. The minimum atomic E-state index is -0.114. The van der Waals surface area contributed by atoms with Crippen molar-refractivity contribution in [1.82, 2.24) is 15.3 Å². The number of fused-ring (bicyclic) bond motifs is 1. The van der Waals surface area contributed by atoms with E-state index < -0.39 is 0 Å². The number of amides is 1. The molecular formula is C20H19BrN4O2. The number of anilines is 1. The number of ether oxygens (including phenoxy) is 1. The Morgan fingerprint density at radius 3 is 2.67 bits per heavy atom. The van der Waals surface area contributed by atoms with Crippen LogP contribution < -0.4 is 10.2 Å². The molecule has 0 radical (unpaired) electrons. The van der Waals surface area contributed by atoms with E-state index >= 15 is 0 Å². The molecule has 0 aliphatic carbocycles. The van der Waals surface area contributed by atoms with E-state index in [1.807, 2.05) is 36.4 Å². The summed E-state index contributed by atoms with van der Waals surface area (Å²) in [5, 5.41) is 3.85. The molecule has 0 atom stereocenters. The molecular weight excluding hydrogens is 408 g/mol. The van der Waals surface area contributed by atoms with Gasteiger partial charge in [-0.05, 0) is 35.9 Å². The first-order valence-electron chi connectivity index (χ1n) is 8.81. The zero-order valence-corrected chi connectivity index (χ0v) is 16.3. The number of morpholine rings is 1. The first kappa shape index (κ1) is 17.9. The van der Waals surface area contributed by atoms with Gasteiger partial charge >= 0.3 is 0 Å². The number of halogens is 1. The zero-order chi connectivity index (χ0) is 18.6. The van der Waals surface area contributed by atoms with Crippen LogP contribution >= 0.6 is 15.9 Å². The van der Waals surface area contributed by atoms with Crippen LogP contribution in [0.3, 0.4) is 0 Å². The monoisotopic (exact) mass is 426 g/mol. The molecule has 1 amide bonds. The Hall–Kier alpha value is -2.51. The van der Waals surface area contributed by atoms with Gasteiger partial charge in [-0.25, -0.2) is 9.97 Å². The highest BCUT2D eigenvalue weighted by atomic mass is 79.9. The molecule has 1 N–H and O–H groups in total. The van der Waals surface area contributed by atoms with E-state index in [-0.39, 0.29) is 5.91 Å². The highest BCUT2D eigenvalue weighted by Gasteiger charge is 2.17. The Balaban J connectivity index is 1.56. The average Bonchev–Trinajstić information content (AvgIpc) is 2.73. The Morgan fingerprint density at radius 2 is 1.89 bits per heavy atom. The quantitative estimate of drug-likeness (QED) is 0.693. The number of nitrogens with zero attached hydrogens (tertiary/aromatic N) is 3. The van der Waals surface area contributed by atoms with E-state index in [0.29, 0.717) is 25.3 Å². The third-order valence-corrected chi connectivity index (χ3v) is 5.08. The van der Waals surface area contributed by atoms with Gasteiger partial charge in [-0.1, -0.05) is 28.1 Å². The van der Waals surface area contributed by atoms with Crippen molar-refractivity contribution in [3.05, 3.63) is 64.4 Å². The van der Waals surface area contributed by atoms with Gasteiger partial charge in [-0.2, -0.15) is 0 Å². The van der Waals surface area contributed by atoms with Gasteiger partial charge < -0.3 is 15.0 Å². The minimum Gasteiger partial charge on any atom is -0.378 e. The molecule has 6 nitrogen and oxygen atoms in total. The first-order valence-corrected chi connectivity index (χ1v) is 9.60. The van der Waals surface area contributed by atoms with Crippen LogP contribution in [-0.4, -0.2) is 42.2 Å². The summed E-state index contributed by atoms with van der Waals surface area (Å²) in [6, 6.07) is 13.4. The summed E-state index contributed by atoms with van der Waals surface area (Å²) in [6.07, 6.45) is 1.57. The summed E-state index contributed by atoms with van der Waals surface area (Å²) in [5.41, 5.74) is 2.48. The van der Waals surface area contributed by atoms with Crippen molar-refractivity contribution >= 4 is 38.6 Å². The van der Waals surface area contributed by atoms with E-state index in [0.717, 1.165) is 39.8 Å². The van der Waals surface area contributed by atoms with Gasteiger partial charge in [0.25, 0.3) is 5.91 Å². The highest BCUT2D eigenvalue weighted by Crippen LogP contribution is 2.24. The highest BCUT2D eigenvalue weighted by molar-refractivity contribution is 9.10. The Morgan fingerprint density at radius 1 is 1.11 bits per heavy atom. The van der Waals surface area contributed by atoms with Crippen LogP contribution in [-0.2, 0) is 11.3 Å². The minimum absolute atomic E-state index is 0.114. The molecule has 0 spiro atoms. The predicted molar refractivity (Wildman–Crippen MR) is 108 cm³/mol. The van der Waals surface area contributed by atoms with Crippen molar-refractivity contribution in [3.63, 3.8) is 0 Å². The fourth-order valence-corrected chi connectivity index (χ4v) is 3.36. The summed E-state index contributed by atoms with van der Waals surface area (Å²) in [7, 11) is 0. The smallest absolute Gasteiger partial charge is 0.251 e. The van der Waals surface area contributed by atoms with Gasteiger partial charge in [-0.3, -0.25) is 4.79 Å². The molecule has 0 unspecified atom stereocenters. The maximum atomic E-state index is 12.6. The molecule has 4 rings (SSSR count). The van der Waals surface area contributed by atoms with Crippen molar-refractivity contribution < 1.29 is 9.53 Å². The summed E-state index contributed by atoms with van der Waals surface area (Å²) >= 11 is 3.41. The fourth-order valence-electron chi connectivity index (χ4n) is 3.10. The zero-order valence-electron chi connectivity index (χ0n) is 14.7. The van der Waals surface area contributed by atoms with Crippen LogP contribution in [0.2, 0.25) is 0 Å². The van der Waals surface area contributed by atoms with Crippen molar-refractivity contribution in [2.45, 2.75) is 6.54 Å². The topological polar surface area (TPSA) is 67.4 Å². The Bertz CT molecular complexity index is 956. The molecule has 1 aliphatic rings. The molecule has 138 valence electrons. The third-order valence-electron chi connectivity index (χ3n) is 4.55. The molecule has 27 heavy (non-hydrogen) atoms. The van der Waals surface area contributed by atoms with Crippen LogP contribution in [0.1, 0.15) is 15.9 Å². The number of aromatic nitrogens is 2. The fraction of sp³-hybridized carbons (Fsp3) is 0.250. The lowest BCUT2D eigenvalue weighted by molar-refractivity contribution is 0.0951. The SMILES string of the molecule is O=C(NCc1ccc(Br)cc1)c1ccc2ncnc(N3CCOCC3)c2c1. The lowest BCUT2D eigenvalue weighted by atomic mass is 10.1. The normalized spacial score (nSPS) is 14.3. The van der Waals surface area contributed by atoms with Gasteiger partial charge in [0.05, 0.1) is 18.7 Å². The van der Waals surface area contributed by atoms with Crippen molar-refractivity contribution in [2.75, 3.05) is 31.2 Å². The largest absolute Gasteiger partial charge is 0.378 e. The van der Waals surface area contributed by atoms with Crippen LogP contribution in [0.25, 0.3) is 10.9 Å². The number of benzene rings is 2.